The van der Waals surface area contributed by atoms with Crippen LogP contribution in [0.15, 0.2) is 42.5 Å². The van der Waals surface area contributed by atoms with Crippen molar-refractivity contribution < 1.29 is 23.7 Å². The van der Waals surface area contributed by atoms with E-state index in [9.17, 15) is 4.79 Å². The Kier molecular flexibility index (Phi) is 6.80. The van der Waals surface area contributed by atoms with Gasteiger partial charge in [0.05, 0.1) is 31.9 Å². The minimum absolute atomic E-state index is 0.0271. The smallest absolute Gasteiger partial charge is 0.364 e. The molecule has 0 N–H and O–H groups in total. The average Bonchev–Trinajstić information content (AvgIpc) is 3.55. The fourth-order valence-corrected chi connectivity index (χ4v) is 3.15. The summed E-state index contributed by atoms with van der Waals surface area (Å²) in [5.41, 5.74) is 0.893. The van der Waals surface area contributed by atoms with Gasteiger partial charge < -0.3 is 18.9 Å². The van der Waals surface area contributed by atoms with E-state index in [4.69, 9.17) is 30.5 Å². The number of benzene rings is 2. The van der Waals surface area contributed by atoms with E-state index in [0.717, 1.165) is 11.3 Å². The van der Waals surface area contributed by atoms with E-state index in [1.54, 1.807) is 32.2 Å². The zero-order valence-corrected chi connectivity index (χ0v) is 18.7. The van der Waals surface area contributed by atoms with Crippen molar-refractivity contribution in [3.05, 3.63) is 58.7 Å². The maximum Gasteiger partial charge on any atom is 0.364 e. The normalized spacial score (nSPS) is 13.0. The first kappa shape index (κ1) is 22.0. The van der Waals surface area contributed by atoms with Gasteiger partial charge in [-0.25, -0.2) is 9.48 Å². The Balaban J connectivity index is 1.62. The maximum atomic E-state index is 12.4. The fourth-order valence-electron chi connectivity index (χ4n) is 2.99. The van der Waals surface area contributed by atoms with Gasteiger partial charge in [0.25, 0.3) is 5.88 Å². The van der Waals surface area contributed by atoms with Gasteiger partial charge in [0.2, 0.25) is 5.69 Å². The highest BCUT2D eigenvalue weighted by molar-refractivity contribution is 6.32. The van der Waals surface area contributed by atoms with Crippen LogP contribution >= 0.6 is 11.6 Å². The molecule has 0 atom stereocenters. The van der Waals surface area contributed by atoms with Gasteiger partial charge >= 0.3 is 5.97 Å². The van der Waals surface area contributed by atoms with E-state index in [0.29, 0.717) is 35.6 Å². The number of ether oxygens (including phenoxy) is 4. The Labute approximate surface area is 191 Å². The first-order valence-electron chi connectivity index (χ1n) is 10.4. The number of halogens is 1. The molecule has 32 heavy (non-hydrogen) atoms. The van der Waals surface area contributed by atoms with Gasteiger partial charge in [-0.3, -0.25) is 0 Å². The molecular formula is C23H24ClN3O5. The Morgan fingerprint density at radius 2 is 1.91 bits per heavy atom. The third-order valence-electron chi connectivity index (χ3n) is 4.94. The third kappa shape index (κ3) is 5.31. The van der Waals surface area contributed by atoms with Gasteiger partial charge in [0.1, 0.15) is 11.5 Å². The van der Waals surface area contributed by atoms with Crippen molar-refractivity contribution in [1.82, 2.24) is 15.0 Å². The second kappa shape index (κ2) is 9.91. The largest absolute Gasteiger partial charge is 0.497 e. The Morgan fingerprint density at radius 3 is 2.59 bits per heavy atom. The number of carbonyl (C=O) groups excluding carboxylic acids is 1. The van der Waals surface area contributed by atoms with Crippen LogP contribution < -0.4 is 14.2 Å². The first-order valence-corrected chi connectivity index (χ1v) is 10.8. The number of methoxy groups -OCH3 is 1. The number of carbonyl (C=O) groups is 1. The van der Waals surface area contributed by atoms with Crippen molar-refractivity contribution >= 4 is 17.6 Å². The number of esters is 1. The summed E-state index contributed by atoms with van der Waals surface area (Å²) in [6.45, 7) is 2.90. The molecule has 1 heterocycles. The molecule has 8 nitrogen and oxygen atoms in total. The van der Waals surface area contributed by atoms with Crippen molar-refractivity contribution in [3.8, 4) is 23.1 Å². The van der Waals surface area contributed by atoms with Crippen molar-refractivity contribution in [2.75, 3.05) is 20.3 Å². The highest BCUT2D eigenvalue weighted by Gasteiger charge is 2.25. The van der Waals surface area contributed by atoms with Gasteiger partial charge in [-0.15, -0.1) is 5.10 Å². The molecule has 168 valence electrons. The average molecular weight is 458 g/mol. The Morgan fingerprint density at radius 1 is 1.16 bits per heavy atom. The summed E-state index contributed by atoms with van der Waals surface area (Å²) in [7, 11) is 1.61. The van der Waals surface area contributed by atoms with E-state index in [1.165, 1.54) is 17.5 Å². The summed E-state index contributed by atoms with van der Waals surface area (Å²) in [5, 5.41) is 8.47. The van der Waals surface area contributed by atoms with Crippen LogP contribution in [0.5, 0.6) is 23.1 Å². The Hall–Kier alpha value is -3.26. The quantitative estimate of drug-likeness (QED) is 0.406. The molecule has 1 saturated carbocycles. The van der Waals surface area contributed by atoms with Crippen LogP contribution in [-0.4, -0.2) is 41.3 Å². The number of nitrogens with zero attached hydrogens (tertiary/aromatic N) is 3. The molecule has 1 aliphatic carbocycles. The highest BCUT2D eigenvalue weighted by Crippen LogP contribution is 2.35. The van der Waals surface area contributed by atoms with Crippen LogP contribution in [0, 0.1) is 5.92 Å². The predicted molar refractivity (Wildman–Crippen MR) is 118 cm³/mol. The Bertz CT molecular complexity index is 1080. The van der Waals surface area contributed by atoms with E-state index in [1.807, 2.05) is 24.3 Å². The van der Waals surface area contributed by atoms with Crippen LogP contribution in [0.4, 0.5) is 0 Å². The standard InChI is InChI=1S/C23H24ClN3O5/c1-3-30-23(28)21-22(27(26-25-21)13-15-6-8-17(29-2)9-7-15)32-20-12-18(10-11-19(20)24)31-14-16-4-5-16/h6-12,16H,3-5,13-14H2,1-2H3. The molecule has 0 bridgehead atoms. The summed E-state index contributed by atoms with van der Waals surface area (Å²) in [6.07, 6.45) is 2.38. The lowest BCUT2D eigenvalue weighted by atomic mass is 10.2. The van der Waals surface area contributed by atoms with Crippen LogP contribution in [-0.2, 0) is 11.3 Å². The lowest BCUT2D eigenvalue weighted by molar-refractivity contribution is 0.0516. The highest BCUT2D eigenvalue weighted by atomic mass is 35.5. The summed E-state index contributed by atoms with van der Waals surface area (Å²) >= 11 is 6.37. The summed E-state index contributed by atoms with van der Waals surface area (Å²) in [4.78, 5) is 12.4. The van der Waals surface area contributed by atoms with E-state index < -0.39 is 5.97 Å². The van der Waals surface area contributed by atoms with Gasteiger partial charge in [-0.1, -0.05) is 28.9 Å². The second-order valence-corrected chi connectivity index (χ2v) is 7.83. The number of rotatable bonds is 10. The minimum atomic E-state index is -0.624. The van der Waals surface area contributed by atoms with Crippen LogP contribution in [0.25, 0.3) is 0 Å². The second-order valence-electron chi connectivity index (χ2n) is 7.42. The van der Waals surface area contributed by atoms with Crippen molar-refractivity contribution in [1.29, 1.82) is 0 Å². The van der Waals surface area contributed by atoms with Gasteiger partial charge in [0, 0.05) is 6.07 Å². The molecule has 0 radical (unpaired) electrons. The zero-order chi connectivity index (χ0) is 22.5. The van der Waals surface area contributed by atoms with E-state index >= 15 is 0 Å². The molecule has 0 spiro atoms. The van der Waals surface area contributed by atoms with Crippen molar-refractivity contribution in [2.24, 2.45) is 5.92 Å². The molecule has 2 aromatic carbocycles. The zero-order valence-electron chi connectivity index (χ0n) is 17.9. The first-order chi connectivity index (χ1) is 15.6. The van der Waals surface area contributed by atoms with E-state index in [2.05, 4.69) is 10.3 Å². The fraction of sp³-hybridized carbons (Fsp3) is 0.348. The lowest BCUT2D eigenvalue weighted by Gasteiger charge is -2.13. The molecule has 1 aromatic heterocycles. The summed E-state index contributed by atoms with van der Waals surface area (Å²) < 4.78 is 23.7. The topological polar surface area (TPSA) is 84.7 Å². The summed E-state index contributed by atoms with van der Waals surface area (Å²) in [6, 6.07) is 12.7. The van der Waals surface area contributed by atoms with Gasteiger partial charge in [-0.2, -0.15) is 0 Å². The maximum absolute atomic E-state index is 12.4. The molecule has 1 fully saturated rings. The van der Waals surface area contributed by atoms with E-state index in [-0.39, 0.29) is 18.2 Å². The van der Waals surface area contributed by atoms with Crippen LogP contribution in [0.1, 0.15) is 35.8 Å². The predicted octanol–water partition coefficient (Wildman–Crippen LogP) is 4.75. The molecule has 0 unspecified atom stereocenters. The van der Waals surface area contributed by atoms with Crippen molar-refractivity contribution in [3.63, 3.8) is 0 Å². The number of aromatic nitrogens is 3. The number of hydrogen-bond acceptors (Lipinski definition) is 7. The molecule has 4 rings (SSSR count). The SMILES string of the molecule is CCOC(=O)c1nnn(Cc2ccc(OC)cc2)c1Oc1cc(OCC2CC2)ccc1Cl. The molecule has 0 aliphatic heterocycles. The molecule has 0 saturated heterocycles. The van der Waals surface area contributed by atoms with Crippen LogP contribution in [0.3, 0.4) is 0 Å². The van der Waals surface area contributed by atoms with Gasteiger partial charge in [0.15, 0.2) is 5.75 Å². The summed E-state index contributed by atoms with van der Waals surface area (Å²) in [5.74, 6) is 1.85. The molecule has 9 heteroatoms. The molecule has 0 amide bonds. The minimum Gasteiger partial charge on any atom is -0.497 e. The lowest BCUT2D eigenvalue weighted by Crippen LogP contribution is -2.09. The monoisotopic (exact) mass is 457 g/mol. The molecule has 1 aliphatic rings. The number of hydrogen-bond donors (Lipinski definition) is 0. The van der Waals surface area contributed by atoms with Crippen molar-refractivity contribution in [2.45, 2.75) is 26.3 Å². The third-order valence-corrected chi connectivity index (χ3v) is 5.25. The van der Waals surface area contributed by atoms with Crippen LogP contribution in [0.2, 0.25) is 5.02 Å². The van der Waals surface area contributed by atoms with Gasteiger partial charge in [-0.05, 0) is 55.5 Å². The molecule has 3 aromatic rings. The molecular weight excluding hydrogens is 434 g/mol.